The lowest BCUT2D eigenvalue weighted by Crippen LogP contribution is -2.45. The summed E-state index contributed by atoms with van der Waals surface area (Å²) in [6.07, 6.45) is 1.06. The summed E-state index contributed by atoms with van der Waals surface area (Å²) in [6.45, 7) is 6.77. The summed E-state index contributed by atoms with van der Waals surface area (Å²) in [4.78, 5) is 5.38. The molecule has 1 saturated heterocycles. The summed E-state index contributed by atoms with van der Waals surface area (Å²) < 4.78 is 8.05. The van der Waals surface area contributed by atoms with E-state index in [0.717, 1.165) is 52.4 Å². The molecule has 2 aliphatic heterocycles. The molecule has 3 heterocycles. The van der Waals surface area contributed by atoms with Gasteiger partial charge in [0.05, 0.1) is 13.2 Å². The highest BCUT2D eigenvalue weighted by Crippen LogP contribution is 2.44. The molecular formula is C35H37N3O. The van der Waals surface area contributed by atoms with E-state index in [-0.39, 0.29) is 0 Å². The molecule has 0 amide bonds. The molecule has 7 rings (SSSR count). The molecule has 0 saturated carbocycles. The van der Waals surface area contributed by atoms with Crippen LogP contribution in [0.2, 0.25) is 0 Å². The van der Waals surface area contributed by atoms with Gasteiger partial charge in [-0.25, -0.2) is 0 Å². The molecule has 0 N–H and O–H groups in total. The van der Waals surface area contributed by atoms with E-state index in [2.05, 4.69) is 118 Å². The molecule has 4 nitrogen and oxygen atoms in total. The van der Waals surface area contributed by atoms with Crippen LogP contribution in [0.1, 0.15) is 34.2 Å². The summed E-state index contributed by atoms with van der Waals surface area (Å²) >= 11 is 0. The van der Waals surface area contributed by atoms with Crippen LogP contribution < -0.4 is 0 Å². The van der Waals surface area contributed by atoms with Gasteiger partial charge in [-0.1, -0.05) is 78.9 Å². The largest absolute Gasteiger partial charge is 0.379 e. The molecule has 2 aliphatic rings. The number of hydrogen-bond acceptors (Lipinski definition) is 3. The van der Waals surface area contributed by atoms with E-state index in [1.165, 1.54) is 44.1 Å². The highest BCUT2D eigenvalue weighted by atomic mass is 16.5. The molecule has 39 heavy (non-hydrogen) atoms. The van der Waals surface area contributed by atoms with E-state index in [4.69, 9.17) is 4.74 Å². The average molecular weight is 516 g/mol. The van der Waals surface area contributed by atoms with Gasteiger partial charge in [-0.05, 0) is 46.9 Å². The number of hydrogen-bond donors (Lipinski definition) is 0. The topological polar surface area (TPSA) is 20.6 Å². The predicted octanol–water partition coefficient (Wildman–Crippen LogP) is 6.55. The van der Waals surface area contributed by atoms with Gasteiger partial charge in [0, 0.05) is 73.5 Å². The van der Waals surface area contributed by atoms with Crippen molar-refractivity contribution < 1.29 is 4.74 Å². The van der Waals surface area contributed by atoms with Crippen LogP contribution in [0.5, 0.6) is 0 Å². The highest BCUT2D eigenvalue weighted by Gasteiger charge is 2.37. The Hall–Kier alpha value is -3.44. The molecule has 0 radical (unpaired) electrons. The Morgan fingerprint density at radius 1 is 0.769 bits per heavy atom. The first-order valence-corrected chi connectivity index (χ1v) is 14.4. The van der Waals surface area contributed by atoms with Gasteiger partial charge in [0.1, 0.15) is 0 Å². The van der Waals surface area contributed by atoms with Crippen LogP contribution in [0, 0.1) is 0 Å². The second-order valence-corrected chi connectivity index (χ2v) is 11.2. The number of ether oxygens (including phenoxy) is 1. The van der Waals surface area contributed by atoms with Crippen molar-refractivity contribution in [2.45, 2.75) is 24.9 Å². The van der Waals surface area contributed by atoms with E-state index in [0.29, 0.717) is 12.0 Å². The van der Waals surface area contributed by atoms with E-state index in [9.17, 15) is 0 Å². The number of fused-ring (bicyclic) bond motifs is 4. The lowest BCUT2D eigenvalue weighted by molar-refractivity contribution is 0.0256. The molecule has 0 unspecified atom stereocenters. The van der Waals surface area contributed by atoms with Gasteiger partial charge < -0.3 is 9.30 Å². The van der Waals surface area contributed by atoms with Crippen LogP contribution in [-0.2, 0) is 24.8 Å². The molecule has 2 atom stereocenters. The molecule has 1 fully saturated rings. The fourth-order valence-electron chi connectivity index (χ4n) is 6.99. The average Bonchev–Trinajstić information content (AvgIpc) is 3.28. The maximum absolute atomic E-state index is 5.72. The summed E-state index contributed by atoms with van der Waals surface area (Å²) in [5, 5.41) is 2.70. The first-order chi connectivity index (χ1) is 19.3. The maximum Gasteiger partial charge on any atom is 0.0594 e. The summed E-state index contributed by atoms with van der Waals surface area (Å²) in [7, 11) is 2.19. The van der Waals surface area contributed by atoms with Crippen molar-refractivity contribution in [3.05, 3.63) is 119 Å². The second-order valence-electron chi connectivity index (χ2n) is 11.2. The van der Waals surface area contributed by atoms with E-state index < -0.39 is 0 Å². The standard InChI is InChI=1S/C35H37N3O/c1-36-33-14-8-7-13-30(33)31-23-27(15-16-34(31)36)35-32(25-37-19-21-39-22-20-37)29-12-6-5-11-28(29)24-38(35)18-17-26-9-3-2-4-10-26/h2-16,23,32,35H,17-22,24-25H2,1H3/t32-,35+/m0/s1. The zero-order chi connectivity index (χ0) is 26.2. The van der Waals surface area contributed by atoms with E-state index in [1.54, 1.807) is 0 Å². The lowest BCUT2D eigenvalue weighted by Gasteiger charge is -2.45. The number of rotatable bonds is 6. The third kappa shape index (κ3) is 4.67. The van der Waals surface area contributed by atoms with Gasteiger partial charge in [-0.2, -0.15) is 0 Å². The minimum absolute atomic E-state index is 0.315. The quantitative estimate of drug-likeness (QED) is 0.256. The van der Waals surface area contributed by atoms with Crippen LogP contribution in [0.3, 0.4) is 0 Å². The molecule has 198 valence electrons. The van der Waals surface area contributed by atoms with Crippen LogP contribution in [0.4, 0.5) is 0 Å². The van der Waals surface area contributed by atoms with Gasteiger partial charge >= 0.3 is 0 Å². The van der Waals surface area contributed by atoms with Crippen LogP contribution in [0.25, 0.3) is 21.8 Å². The van der Waals surface area contributed by atoms with Crippen molar-refractivity contribution in [1.82, 2.24) is 14.4 Å². The van der Waals surface area contributed by atoms with Gasteiger partial charge in [0.15, 0.2) is 0 Å². The normalized spacial score (nSPS) is 20.4. The van der Waals surface area contributed by atoms with Crippen molar-refractivity contribution >= 4 is 21.8 Å². The fraction of sp³-hybridized carbons (Fsp3) is 0.314. The zero-order valence-corrected chi connectivity index (χ0v) is 22.8. The number of morpholine rings is 1. The summed E-state index contributed by atoms with van der Waals surface area (Å²) in [5.74, 6) is 0.399. The summed E-state index contributed by atoms with van der Waals surface area (Å²) in [6, 6.07) is 36.5. The fourth-order valence-corrected chi connectivity index (χ4v) is 6.99. The first-order valence-electron chi connectivity index (χ1n) is 14.4. The number of aromatic nitrogens is 1. The van der Waals surface area contributed by atoms with Crippen molar-refractivity contribution in [2.75, 3.05) is 39.4 Å². The van der Waals surface area contributed by atoms with E-state index in [1.807, 2.05) is 0 Å². The molecule has 4 heteroatoms. The molecule has 4 aromatic carbocycles. The molecule has 0 bridgehead atoms. The third-order valence-corrected chi connectivity index (χ3v) is 8.97. The Labute approximate surface area is 231 Å². The minimum Gasteiger partial charge on any atom is -0.379 e. The zero-order valence-electron chi connectivity index (χ0n) is 22.8. The minimum atomic E-state index is 0.315. The molecule has 5 aromatic rings. The smallest absolute Gasteiger partial charge is 0.0594 e. The van der Waals surface area contributed by atoms with Crippen LogP contribution >= 0.6 is 0 Å². The van der Waals surface area contributed by atoms with Crippen LogP contribution in [0.15, 0.2) is 97.1 Å². The Kier molecular flexibility index (Phi) is 6.69. The Morgan fingerprint density at radius 2 is 1.51 bits per heavy atom. The number of aryl methyl sites for hydroxylation is 1. The van der Waals surface area contributed by atoms with Crippen molar-refractivity contribution in [2.24, 2.45) is 7.05 Å². The Morgan fingerprint density at radius 3 is 2.38 bits per heavy atom. The Bertz CT molecular complexity index is 1580. The first kappa shape index (κ1) is 24.6. The second kappa shape index (κ2) is 10.6. The number of nitrogens with zero attached hydrogens (tertiary/aromatic N) is 3. The number of para-hydroxylation sites is 1. The SMILES string of the molecule is Cn1c2ccccc2c2cc([C@@H]3[C@@H](CN4CCOCC4)c4ccccc4CN3CCc3ccccc3)ccc21. The predicted molar refractivity (Wildman–Crippen MR) is 160 cm³/mol. The van der Waals surface area contributed by atoms with Gasteiger partial charge in [0.2, 0.25) is 0 Å². The Balaban J connectivity index is 1.34. The van der Waals surface area contributed by atoms with Gasteiger partial charge in [-0.15, -0.1) is 0 Å². The number of benzene rings is 4. The van der Waals surface area contributed by atoms with E-state index >= 15 is 0 Å². The molecular weight excluding hydrogens is 478 g/mol. The van der Waals surface area contributed by atoms with Gasteiger partial charge in [-0.3, -0.25) is 9.80 Å². The van der Waals surface area contributed by atoms with Crippen molar-refractivity contribution in [1.29, 1.82) is 0 Å². The highest BCUT2D eigenvalue weighted by molar-refractivity contribution is 6.08. The molecule has 1 aromatic heterocycles. The molecule has 0 aliphatic carbocycles. The monoisotopic (exact) mass is 515 g/mol. The third-order valence-electron chi connectivity index (χ3n) is 8.97. The maximum atomic E-state index is 5.72. The molecule has 0 spiro atoms. The van der Waals surface area contributed by atoms with Crippen LogP contribution in [-0.4, -0.2) is 53.8 Å². The van der Waals surface area contributed by atoms with Crippen molar-refractivity contribution in [3.63, 3.8) is 0 Å². The van der Waals surface area contributed by atoms with Crippen molar-refractivity contribution in [3.8, 4) is 0 Å². The van der Waals surface area contributed by atoms with Gasteiger partial charge in [0.25, 0.3) is 0 Å². The summed E-state index contributed by atoms with van der Waals surface area (Å²) in [5.41, 5.74) is 8.43. The lowest BCUT2D eigenvalue weighted by atomic mass is 9.79.